The molecule has 0 saturated carbocycles. The molecule has 15 heavy (non-hydrogen) atoms. The maximum atomic E-state index is 10.3. The third-order valence-electron chi connectivity index (χ3n) is 1.65. The standard InChI is InChI=1S/C7H15NO.C4H6O2/c1-3-4-5-6-8-7(2)9;1-3(5)4(2)6/h3-6H2,1-2H3,(H,8,9);1-2H3. The Bertz CT molecular complexity index is 200. The predicted octanol–water partition coefficient (Wildman–Crippen LogP) is 1.48. The summed E-state index contributed by atoms with van der Waals surface area (Å²) in [5.74, 6) is -0.684. The predicted molar refractivity (Wildman–Crippen MR) is 59.6 cm³/mol. The summed E-state index contributed by atoms with van der Waals surface area (Å²) in [6, 6.07) is 0. The molecule has 0 fully saturated rings. The van der Waals surface area contributed by atoms with Crippen LogP contribution in [0.15, 0.2) is 0 Å². The molecule has 0 bridgehead atoms. The van der Waals surface area contributed by atoms with Crippen molar-refractivity contribution < 1.29 is 14.4 Å². The summed E-state index contributed by atoms with van der Waals surface area (Å²) in [5.41, 5.74) is 0. The van der Waals surface area contributed by atoms with Crippen LogP contribution in [-0.2, 0) is 14.4 Å². The van der Waals surface area contributed by atoms with Gasteiger partial charge in [0.05, 0.1) is 0 Å². The van der Waals surface area contributed by atoms with Crippen molar-refractivity contribution in [3.63, 3.8) is 0 Å². The van der Waals surface area contributed by atoms with Crippen molar-refractivity contribution in [2.45, 2.75) is 47.0 Å². The monoisotopic (exact) mass is 215 g/mol. The van der Waals surface area contributed by atoms with E-state index in [1.807, 2.05) is 0 Å². The molecule has 0 unspecified atom stereocenters. The fourth-order valence-corrected chi connectivity index (χ4v) is 0.639. The SMILES string of the molecule is CC(=O)C(C)=O.CCCCCNC(C)=O. The van der Waals surface area contributed by atoms with E-state index in [-0.39, 0.29) is 17.5 Å². The highest BCUT2D eigenvalue weighted by atomic mass is 16.2. The van der Waals surface area contributed by atoms with Crippen LogP contribution in [0.5, 0.6) is 0 Å². The number of Topliss-reactive ketones (excluding diaryl/α,β-unsaturated/α-hetero) is 2. The van der Waals surface area contributed by atoms with E-state index in [1.54, 1.807) is 6.92 Å². The number of rotatable bonds is 5. The summed E-state index contributed by atoms with van der Waals surface area (Å²) in [4.78, 5) is 29.9. The molecule has 0 spiro atoms. The first-order valence-corrected chi connectivity index (χ1v) is 5.17. The molecule has 0 aliphatic carbocycles. The van der Waals surface area contributed by atoms with Crippen molar-refractivity contribution in [1.82, 2.24) is 5.32 Å². The number of carbonyl (C=O) groups is 3. The van der Waals surface area contributed by atoms with Crippen LogP contribution < -0.4 is 5.32 Å². The zero-order valence-corrected chi connectivity index (χ0v) is 10.1. The molecule has 1 N–H and O–H groups in total. The summed E-state index contributed by atoms with van der Waals surface area (Å²) < 4.78 is 0. The van der Waals surface area contributed by atoms with Gasteiger partial charge in [-0.3, -0.25) is 14.4 Å². The fraction of sp³-hybridized carbons (Fsp3) is 0.727. The van der Waals surface area contributed by atoms with Crippen LogP contribution in [0.1, 0.15) is 47.0 Å². The second-order valence-electron chi connectivity index (χ2n) is 3.30. The molecule has 0 saturated heterocycles. The lowest BCUT2D eigenvalue weighted by atomic mass is 10.2. The maximum absolute atomic E-state index is 10.3. The number of ketones is 2. The van der Waals surface area contributed by atoms with Crippen LogP contribution in [0.3, 0.4) is 0 Å². The quantitative estimate of drug-likeness (QED) is 0.558. The lowest BCUT2D eigenvalue weighted by molar-refractivity contribution is -0.134. The Balaban J connectivity index is 0. The van der Waals surface area contributed by atoms with E-state index in [9.17, 15) is 14.4 Å². The highest BCUT2D eigenvalue weighted by Gasteiger charge is 1.94. The van der Waals surface area contributed by atoms with Gasteiger partial charge in [-0.1, -0.05) is 19.8 Å². The average Bonchev–Trinajstić information content (AvgIpc) is 2.13. The highest BCUT2D eigenvalue weighted by Crippen LogP contribution is 1.90. The molecule has 0 heterocycles. The second kappa shape index (κ2) is 10.9. The van der Waals surface area contributed by atoms with Gasteiger partial charge in [0.15, 0.2) is 11.6 Å². The first-order chi connectivity index (χ1) is 6.91. The Morgan fingerprint density at radius 1 is 0.933 bits per heavy atom. The van der Waals surface area contributed by atoms with Gasteiger partial charge in [-0.2, -0.15) is 0 Å². The van der Waals surface area contributed by atoms with Gasteiger partial charge in [-0.15, -0.1) is 0 Å². The van der Waals surface area contributed by atoms with E-state index >= 15 is 0 Å². The Kier molecular flexibility index (Phi) is 11.8. The zero-order valence-electron chi connectivity index (χ0n) is 10.1. The van der Waals surface area contributed by atoms with Crippen molar-refractivity contribution >= 4 is 17.5 Å². The molecule has 0 aromatic heterocycles. The highest BCUT2D eigenvalue weighted by molar-refractivity contribution is 6.35. The normalized spacial score (nSPS) is 8.53. The molecule has 0 rings (SSSR count). The number of hydrogen-bond donors (Lipinski definition) is 1. The largest absolute Gasteiger partial charge is 0.356 e. The molecule has 4 heteroatoms. The number of nitrogens with one attached hydrogen (secondary N) is 1. The van der Waals surface area contributed by atoms with Gasteiger partial charge in [-0.05, 0) is 6.42 Å². The van der Waals surface area contributed by atoms with Crippen molar-refractivity contribution in [1.29, 1.82) is 0 Å². The van der Waals surface area contributed by atoms with Crippen LogP contribution in [-0.4, -0.2) is 24.0 Å². The molecule has 88 valence electrons. The molecule has 0 aliphatic rings. The van der Waals surface area contributed by atoms with E-state index in [0.717, 1.165) is 13.0 Å². The van der Waals surface area contributed by atoms with E-state index in [1.165, 1.54) is 26.7 Å². The molecule has 4 nitrogen and oxygen atoms in total. The maximum Gasteiger partial charge on any atom is 0.216 e. The van der Waals surface area contributed by atoms with E-state index < -0.39 is 0 Å². The van der Waals surface area contributed by atoms with Crippen molar-refractivity contribution in [3.05, 3.63) is 0 Å². The molecule has 1 amide bonds. The molecule has 0 atom stereocenters. The van der Waals surface area contributed by atoms with Crippen molar-refractivity contribution in [2.24, 2.45) is 0 Å². The minimum Gasteiger partial charge on any atom is -0.356 e. The first kappa shape index (κ1) is 16.2. The third kappa shape index (κ3) is 19.3. The van der Waals surface area contributed by atoms with Gasteiger partial charge in [0.1, 0.15) is 0 Å². The van der Waals surface area contributed by atoms with E-state index in [4.69, 9.17) is 0 Å². The van der Waals surface area contributed by atoms with Crippen LogP contribution in [0.4, 0.5) is 0 Å². The fourth-order valence-electron chi connectivity index (χ4n) is 0.639. The average molecular weight is 215 g/mol. The van der Waals surface area contributed by atoms with Gasteiger partial charge < -0.3 is 5.32 Å². The molecule has 0 aliphatic heterocycles. The Morgan fingerprint density at radius 3 is 1.67 bits per heavy atom. The van der Waals surface area contributed by atoms with Gasteiger partial charge in [0.2, 0.25) is 5.91 Å². The van der Waals surface area contributed by atoms with Crippen LogP contribution in [0.2, 0.25) is 0 Å². The Hall–Kier alpha value is -1.19. The molecule has 0 aromatic carbocycles. The van der Waals surface area contributed by atoms with E-state index in [2.05, 4.69) is 12.2 Å². The third-order valence-corrected chi connectivity index (χ3v) is 1.65. The summed E-state index contributed by atoms with van der Waals surface area (Å²) >= 11 is 0. The summed E-state index contributed by atoms with van der Waals surface area (Å²) in [7, 11) is 0. The lowest BCUT2D eigenvalue weighted by Crippen LogP contribution is -2.20. The number of amides is 1. The van der Waals surface area contributed by atoms with Crippen molar-refractivity contribution in [2.75, 3.05) is 6.54 Å². The molecular formula is C11H21NO3. The summed E-state index contributed by atoms with van der Waals surface area (Å²) in [6.45, 7) is 7.04. The van der Waals surface area contributed by atoms with Gasteiger partial charge in [0, 0.05) is 27.3 Å². The number of hydrogen-bond acceptors (Lipinski definition) is 3. The molecule has 0 radical (unpaired) electrons. The van der Waals surface area contributed by atoms with Gasteiger partial charge in [0.25, 0.3) is 0 Å². The Morgan fingerprint density at radius 2 is 1.40 bits per heavy atom. The Labute approximate surface area is 91.4 Å². The van der Waals surface area contributed by atoms with E-state index in [0.29, 0.717) is 0 Å². The van der Waals surface area contributed by atoms with Gasteiger partial charge in [-0.25, -0.2) is 0 Å². The first-order valence-electron chi connectivity index (χ1n) is 5.17. The smallest absolute Gasteiger partial charge is 0.216 e. The number of carbonyl (C=O) groups excluding carboxylic acids is 3. The topological polar surface area (TPSA) is 63.2 Å². The second-order valence-corrected chi connectivity index (χ2v) is 3.30. The van der Waals surface area contributed by atoms with Crippen LogP contribution in [0, 0.1) is 0 Å². The minimum atomic E-state index is -0.380. The van der Waals surface area contributed by atoms with Crippen LogP contribution in [0.25, 0.3) is 0 Å². The minimum absolute atomic E-state index is 0.0751. The van der Waals surface area contributed by atoms with Gasteiger partial charge >= 0.3 is 0 Å². The lowest BCUT2D eigenvalue weighted by Gasteiger charge is -1.98. The van der Waals surface area contributed by atoms with Crippen molar-refractivity contribution in [3.8, 4) is 0 Å². The summed E-state index contributed by atoms with van der Waals surface area (Å²) in [5, 5.41) is 2.74. The summed E-state index contributed by atoms with van der Waals surface area (Å²) in [6.07, 6.45) is 3.52. The van der Waals surface area contributed by atoms with Crippen LogP contribution >= 0.6 is 0 Å². The molecule has 0 aromatic rings. The number of unbranched alkanes of at least 4 members (excludes halogenated alkanes) is 2. The molecular weight excluding hydrogens is 194 g/mol. The zero-order chi connectivity index (χ0) is 12.3.